The van der Waals surface area contributed by atoms with E-state index in [0.29, 0.717) is 27.8 Å². The van der Waals surface area contributed by atoms with Gasteiger partial charge in [0, 0.05) is 26.9 Å². The van der Waals surface area contributed by atoms with Crippen molar-refractivity contribution in [2.24, 2.45) is 0 Å². The fourth-order valence-corrected chi connectivity index (χ4v) is 3.88. The second kappa shape index (κ2) is 8.64. The van der Waals surface area contributed by atoms with Crippen molar-refractivity contribution in [2.75, 3.05) is 5.32 Å². The molecule has 0 atom stereocenters. The van der Waals surface area contributed by atoms with Crippen LogP contribution < -0.4 is 10.9 Å². The number of nitrogens with one attached hydrogen (secondary N) is 1. The molecule has 0 fully saturated rings. The van der Waals surface area contributed by atoms with Gasteiger partial charge in [-0.2, -0.15) is 11.3 Å². The van der Waals surface area contributed by atoms with Gasteiger partial charge >= 0.3 is 11.6 Å². The molecule has 0 spiro atoms. The highest BCUT2D eigenvalue weighted by Gasteiger charge is 2.16. The number of anilines is 1. The van der Waals surface area contributed by atoms with Crippen molar-refractivity contribution in [3.05, 3.63) is 96.9 Å². The van der Waals surface area contributed by atoms with E-state index >= 15 is 0 Å². The predicted octanol–water partition coefficient (Wildman–Crippen LogP) is 5.23. The third-order valence-corrected chi connectivity index (χ3v) is 5.51. The second-order valence-corrected chi connectivity index (χ2v) is 8.01. The molecule has 1 amide bonds. The molecular formula is C22H14BrNO5S. The summed E-state index contributed by atoms with van der Waals surface area (Å²) < 4.78 is 11.4. The van der Waals surface area contributed by atoms with Gasteiger partial charge in [-0.05, 0) is 41.8 Å². The minimum absolute atomic E-state index is 0.116. The molecule has 2 heterocycles. The zero-order valence-electron chi connectivity index (χ0n) is 15.4. The van der Waals surface area contributed by atoms with E-state index in [9.17, 15) is 14.4 Å². The van der Waals surface area contributed by atoms with Crippen LogP contribution in [0.25, 0.3) is 11.0 Å². The Balaban J connectivity index is 1.55. The minimum atomic E-state index is -0.616. The highest BCUT2D eigenvalue weighted by atomic mass is 79.9. The zero-order chi connectivity index (χ0) is 21.1. The largest absolute Gasteiger partial charge is 0.457 e. The van der Waals surface area contributed by atoms with Gasteiger partial charge in [0.2, 0.25) is 0 Å². The van der Waals surface area contributed by atoms with E-state index < -0.39 is 11.6 Å². The molecule has 30 heavy (non-hydrogen) atoms. The van der Waals surface area contributed by atoms with Crippen molar-refractivity contribution in [3.63, 3.8) is 0 Å². The number of rotatable bonds is 5. The molecule has 0 radical (unpaired) electrons. The Bertz CT molecular complexity index is 1300. The summed E-state index contributed by atoms with van der Waals surface area (Å²) in [5, 5.41) is 6.93. The third kappa shape index (κ3) is 4.34. The maximum Gasteiger partial charge on any atom is 0.340 e. The van der Waals surface area contributed by atoms with Crippen LogP contribution in [0.2, 0.25) is 0 Å². The van der Waals surface area contributed by atoms with E-state index in [4.69, 9.17) is 9.15 Å². The zero-order valence-corrected chi connectivity index (χ0v) is 17.8. The summed E-state index contributed by atoms with van der Waals surface area (Å²) in [6.07, 6.45) is 0. The molecule has 2 aromatic heterocycles. The Morgan fingerprint density at radius 2 is 1.93 bits per heavy atom. The van der Waals surface area contributed by atoms with Crippen molar-refractivity contribution in [1.82, 2.24) is 0 Å². The molecule has 1 N–H and O–H groups in total. The van der Waals surface area contributed by atoms with Gasteiger partial charge in [-0.25, -0.2) is 9.59 Å². The Hall–Kier alpha value is -3.23. The average Bonchev–Trinajstić information content (AvgIpc) is 3.27. The number of carbonyl (C=O) groups excluding carboxylic acids is 2. The van der Waals surface area contributed by atoms with Crippen molar-refractivity contribution in [1.29, 1.82) is 0 Å². The number of halogens is 1. The summed E-state index contributed by atoms with van der Waals surface area (Å²) in [7, 11) is 0. The third-order valence-electron chi connectivity index (χ3n) is 4.33. The molecule has 2 aromatic carbocycles. The highest BCUT2D eigenvalue weighted by Crippen LogP contribution is 2.23. The van der Waals surface area contributed by atoms with Crippen LogP contribution in [0.5, 0.6) is 0 Å². The molecule has 6 nitrogen and oxygen atoms in total. The van der Waals surface area contributed by atoms with Crippen LogP contribution in [0.1, 0.15) is 26.3 Å². The lowest BCUT2D eigenvalue weighted by Crippen LogP contribution is -2.15. The molecule has 0 bridgehead atoms. The summed E-state index contributed by atoms with van der Waals surface area (Å²) in [5.41, 5.74) is 1.47. The lowest BCUT2D eigenvalue weighted by atomic mass is 10.1. The van der Waals surface area contributed by atoms with Gasteiger partial charge in [0.25, 0.3) is 5.91 Å². The van der Waals surface area contributed by atoms with Crippen LogP contribution in [0, 0.1) is 0 Å². The van der Waals surface area contributed by atoms with E-state index in [2.05, 4.69) is 21.2 Å². The van der Waals surface area contributed by atoms with Crippen LogP contribution >= 0.6 is 27.3 Å². The summed E-state index contributed by atoms with van der Waals surface area (Å²) in [6, 6.07) is 14.9. The molecule has 0 saturated heterocycles. The quantitative estimate of drug-likeness (QED) is 0.310. The molecule has 4 rings (SSSR count). The van der Waals surface area contributed by atoms with Crippen LogP contribution in [-0.4, -0.2) is 11.9 Å². The van der Waals surface area contributed by atoms with Gasteiger partial charge < -0.3 is 14.5 Å². The summed E-state index contributed by atoms with van der Waals surface area (Å²) in [5.74, 6) is -0.927. The molecule has 8 heteroatoms. The van der Waals surface area contributed by atoms with Gasteiger partial charge in [-0.1, -0.05) is 28.1 Å². The first-order valence-corrected chi connectivity index (χ1v) is 10.6. The Labute approximate surface area is 183 Å². The Morgan fingerprint density at radius 1 is 1.10 bits per heavy atom. The number of amides is 1. The molecule has 150 valence electrons. The maximum absolute atomic E-state index is 12.7. The van der Waals surface area contributed by atoms with Gasteiger partial charge in [-0.3, -0.25) is 4.79 Å². The monoisotopic (exact) mass is 483 g/mol. The van der Waals surface area contributed by atoms with Crippen LogP contribution in [-0.2, 0) is 11.3 Å². The first-order valence-electron chi connectivity index (χ1n) is 8.83. The fraction of sp³-hybridized carbons (Fsp3) is 0.0455. The normalized spacial score (nSPS) is 10.7. The number of esters is 1. The average molecular weight is 484 g/mol. The van der Waals surface area contributed by atoms with E-state index in [0.717, 1.165) is 4.47 Å². The topological polar surface area (TPSA) is 85.6 Å². The standard InChI is InChI=1S/C22H14BrNO5S/c23-15-5-6-16-14(9-20(25)29-19(16)10-15)11-28-22(27)17-3-1-2-4-18(17)24-21(26)13-7-8-30-12-13/h1-10,12H,11H2,(H,24,26). The number of para-hydroxylation sites is 1. The van der Waals surface area contributed by atoms with Gasteiger partial charge in [0.1, 0.15) is 12.2 Å². The van der Waals surface area contributed by atoms with Gasteiger partial charge in [0.15, 0.2) is 0 Å². The Morgan fingerprint density at radius 3 is 2.73 bits per heavy atom. The number of hydrogen-bond acceptors (Lipinski definition) is 6. The van der Waals surface area contributed by atoms with Crippen LogP contribution in [0.15, 0.2) is 79.0 Å². The summed E-state index contributed by atoms with van der Waals surface area (Å²) in [4.78, 5) is 36.9. The fourth-order valence-electron chi connectivity index (χ4n) is 2.90. The number of hydrogen-bond donors (Lipinski definition) is 1. The van der Waals surface area contributed by atoms with Gasteiger partial charge in [-0.15, -0.1) is 0 Å². The van der Waals surface area contributed by atoms with E-state index in [1.807, 2.05) is 6.07 Å². The molecule has 0 unspecified atom stereocenters. The lowest BCUT2D eigenvalue weighted by molar-refractivity contribution is 0.0475. The van der Waals surface area contributed by atoms with E-state index in [1.165, 1.54) is 17.4 Å². The smallest absolute Gasteiger partial charge is 0.340 e. The number of benzene rings is 2. The van der Waals surface area contributed by atoms with Crippen molar-refractivity contribution >= 4 is 55.8 Å². The van der Waals surface area contributed by atoms with Crippen LogP contribution in [0.4, 0.5) is 5.69 Å². The Kier molecular flexibility index (Phi) is 5.78. The highest BCUT2D eigenvalue weighted by molar-refractivity contribution is 9.10. The predicted molar refractivity (Wildman–Crippen MR) is 118 cm³/mol. The van der Waals surface area contributed by atoms with Crippen molar-refractivity contribution in [2.45, 2.75) is 6.61 Å². The SMILES string of the molecule is O=C(Nc1ccccc1C(=O)OCc1cc(=O)oc2cc(Br)ccc12)c1ccsc1. The second-order valence-electron chi connectivity index (χ2n) is 6.32. The first kappa shape index (κ1) is 20.1. The molecule has 0 saturated carbocycles. The summed E-state index contributed by atoms with van der Waals surface area (Å²) >= 11 is 4.74. The number of carbonyl (C=O) groups is 2. The van der Waals surface area contributed by atoms with Crippen molar-refractivity contribution in [3.8, 4) is 0 Å². The lowest BCUT2D eigenvalue weighted by Gasteiger charge is -2.11. The molecule has 0 aliphatic heterocycles. The number of ether oxygens (including phenoxy) is 1. The molecule has 4 aromatic rings. The van der Waals surface area contributed by atoms with E-state index in [1.54, 1.807) is 53.2 Å². The van der Waals surface area contributed by atoms with Gasteiger partial charge in [0.05, 0.1) is 16.8 Å². The van der Waals surface area contributed by atoms with Crippen LogP contribution in [0.3, 0.4) is 0 Å². The number of fused-ring (bicyclic) bond motifs is 1. The molecule has 0 aliphatic carbocycles. The first-order chi connectivity index (χ1) is 14.5. The summed E-state index contributed by atoms with van der Waals surface area (Å²) in [6.45, 7) is -0.116. The molecular weight excluding hydrogens is 470 g/mol. The maximum atomic E-state index is 12.7. The minimum Gasteiger partial charge on any atom is -0.457 e. The van der Waals surface area contributed by atoms with Crippen molar-refractivity contribution < 1.29 is 18.7 Å². The van der Waals surface area contributed by atoms with E-state index in [-0.39, 0.29) is 18.1 Å². The number of thiophene rings is 1. The molecule has 0 aliphatic rings.